The molecule has 1 aromatic heterocycles. The average Bonchev–Trinajstić information content (AvgIpc) is 3.07. The number of aromatic nitrogens is 2. The van der Waals surface area contributed by atoms with Crippen LogP contribution in [0.15, 0.2) is 29.1 Å². The van der Waals surface area contributed by atoms with E-state index in [4.69, 9.17) is 9.72 Å². The van der Waals surface area contributed by atoms with E-state index in [1.165, 1.54) is 64.2 Å². The van der Waals surface area contributed by atoms with Crippen LogP contribution in [-0.2, 0) is 16.0 Å². The summed E-state index contributed by atoms with van der Waals surface area (Å²) in [5, 5.41) is 0. The number of esters is 1. The number of carbonyl (C=O) groups excluding carboxylic acids is 1. The molecule has 2 aliphatic heterocycles. The molecule has 1 aromatic carbocycles. The smallest absolute Gasteiger partial charge is 0.305 e. The first-order valence-corrected chi connectivity index (χ1v) is 15.5. The van der Waals surface area contributed by atoms with Gasteiger partial charge in [0.15, 0.2) is 0 Å². The fourth-order valence-corrected chi connectivity index (χ4v) is 8.67. The van der Waals surface area contributed by atoms with E-state index in [0.29, 0.717) is 43.6 Å². The third-order valence-corrected chi connectivity index (χ3v) is 10.1. The second-order valence-corrected chi connectivity index (χ2v) is 12.6. The third-order valence-electron chi connectivity index (χ3n) is 10.1. The predicted octanol–water partition coefficient (Wildman–Crippen LogP) is 6.20. The van der Waals surface area contributed by atoms with E-state index in [0.717, 1.165) is 41.8 Å². The predicted molar refractivity (Wildman–Crippen MR) is 150 cm³/mol. The van der Waals surface area contributed by atoms with Gasteiger partial charge < -0.3 is 9.30 Å². The second kappa shape index (κ2) is 11.5. The van der Waals surface area contributed by atoms with Crippen molar-refractivity contribution in [2.45, 2.75) is 127 Å². The summed E-state index contributed by atoms with van der Waals surface area (Å²) in [6.45, 7) is 2.21. The van der Waals surface area contributed by atoms with Crippen molar-refractivity contribution in [2.24, 2.45) is 11.8 Å². The summed E-state index contributed by atoms with van der Waals surface area (Å²) >= 11 is 0. The Morgan fingerprint density at radius 3 is 2.32 bits per heavy atom. The molecule has 3 heterocycles. The number of aryl methyl sites for hydroxylation is 1. The highest BCUT2D eigenvalue weighted by Crippen LogP contribution is 2.47. The van der Waals surface area contributed by atoms with Crippen LogP contribution >= 0.6 is 0 Å². The summed E-state index contributed by atoms with van der Waals surface area (Å²) < 4.78 is 7.19. The quantitative estimate of drug-likeness (QED) is 0.408. The van der Waals surface area contributed by atoms with Gasteiger partial charge in [0.25, 0.3) is 5.56 Å². The zero-order valence-electron chi connectivity index (χ0n) is 23.2. The van der Waals surface area contributed by atoms with Crippen molar-refractivity contribution in [1.29, 1.82) is 0 Å². The second-order valence-electron chi connectivity index (χ2n) is 12.6. The monoisotopic (exact) mass is 519 g/mol. The Labute approximate surface area is 227 Å². The van der Waals surface area contributed by atoms with Crippen LogP contribution in [0, 0.1) is 11.8 Å². The van der Waals surface area contributed by atoms with Crippen molar-refractivity contribution in [3.05, 3.63) is 40.3 Å². The van der Waals surface area contributed by atoms with Crippen molar-refractivity contribution >= 4 is 17.0 Å². The molecule has 38 heavy (non-hydrogen) atoms. The molecule has 2 aromatic rings. The van der Waals surface area contributed by atoms with Crippen LogP contribution < -0.4 is 5.56 Å². The van der Waals surface area contributed by atoms with E-state index in [1.807, 2.05) is 25.1 Å². The molecule has 0 N–H and O–H groups in total. The minimum absolute atomic E-state index is 0.0489. The maximum Gasteiger partial charge on any atom is 0.305 e. The molecule has 4 atom stereocenters. The molecule has 4 aliphatic rings. The molecule has 4 bridgehead atoms. The lowest BCUT2D eigenvalue weighted by Crippen LogP contribution is -2.58. The maximum absolute atomic E-state index is 13.9. The van der Waals surface area contributed by atoms with Gasteiger partial charge in [-0.1, -0.05) is 44.2 Å². The minimum atomic E-state index is -0.198. The number of benzene rings is 1. The Morgan fingerprint density at radius 2 is 1.61 bits per heavy atom. The van der Waals surface area contributed by atoms with Gasteiger partial charge in [0, 0.05) is 30.6 Å². The molecule has 2 aliphatic carbocycles. The summed E-state index contributed by atoms with van der Waals surface area (Å²) in [5.41, 5.74) is 2.50. The van der Waals surface area contributed by atoms with Crippen molar-refractivity contribution < 1.29 is 9.53 Å². The van der Waals surface area contributed by atoms with Crippen LogP contribution in [0.5, 0.6) is 0 Å². The topological polar surface area (TPSA) is 64.4 Å². The molecule has 4 fully saturated rings. The number of hydrogen-bond acceptors (Lipinski definition) is 5. The van der Waals surface area contributed by atoms with Gasteiger partial charge in [0.05, 0.1) is 17.6 Å². The van der Waals surface area contributed by atoms with Gasteiger partial charge in [-0.2, -0.15) is 0 Å². The minimum Gasteiger partial charge on any atom is -0.466 e. The number of carbonyl (C=O) groups is 1. The van der Waals surface area contributed by atoms with E-state index in [9.17, 15) is 9.59 Å². The van der Waals surface area contributed by atoms with Crippen molar-refractivity contribution in [3.8, 4) is 0 Å². The van der Waals surface area contributed by atoms with Gasteiger partial charge in [0.2, 0.25) is 0 Å². The summed E-state index contributed by atoms with van der Waals surface area (Å²) in [6.07, 6.45) is 17.4. The number of para-hydroxylation sites is 2. The van der Waals surface area contributed by atoms with Crippen LogP contribution in [0.4, 0.5) is 0 Å². The molecule has 0 amide bonds. The average molecular weight is 520 g/mol. The molecule has 6 heteroatoms. The van der Waals surface area contributed by atoms with Crippen LogP contribution in [0.1, 0.15) is 109 Å². The summed E-state index contributed by atoms with van der Waals surface area (Å²) in [7, 11) is 0. The standard InChI is InChI=1S/C32H45N3O3/c1-2-38-31(36)16-8-14-29-32(37)35(30-15-6-5-13-28(30)33-29)27-20-24-11-7-12-25(21-27)34(24)26-18-22-9-3-4-10-23(17-22)19-26/h5-6,13,15,22-27H,2-4,7-12,14,16-21H2,1H3. The molecular formula is C32H45N3O3. The van der Waals surface area contributed by atoms with E-state index in [2.05, 4.69) is 15.5 Å². The molecular weight excluding hydrogens is 474 g/mol. The van der Waals surface area contributed by atoms with Crippen LogP contribution in [0.25, 0.3) is 11.0 Å². The van der Waals surface area contributed by atoms with Gasteiger partial charge in [0.1, 0.15) is 5.69 Å². The summed E-state index contributed by atoms with van der Waals surface area (Å²) in [4.78, 5) is 33.5. The van der Waals surface area contributed by atoms with Crippen molar-refractivity contribution in [3.63, 3.8) is 0 Å². The fraction of sp³-hybridized carbons (Fsp3) is 0.719. The molecule has 206 valence electrons. The Bertz CT molecular complexity index is 1160. The SMILES string of the molecule is CCOC(=O)CCCc1nc2ccccc2n(C2CC3CCCC(C2)N3C2CC3CCCCC(C3)C2)c1=O. The highest BCUT2D eigenvalue weighted by atomic mass is 16.5. The summed E-state index contributed by atoms with van der Waals surface area (Å²) in [5.74, 6) is 1.67. The highest BCUT2D eigenvalue weighted by Gasteiger charge is 2.45. The Kier molecular flexibility index (Phi) is 7.87. The molecule has 4 unspecified atom stereocenters. The number of nitrogens with zero attached hydrogens (tertiary/aromatic N) is 3. The number of rotatable bonds is 7. The molecule has 2 saturated carbocycles. The lowest BCUT2D eigenvalue weighted by Gasteiger charge is -2.54. The number of hydrogen-bond donors (Lipinski definition) is 0. The van der Waals surface area contributed by atoms with Gasteiger partial charge in [-0.15, -0.1) is 0 Å². The molecule has 6 rings (SSSR count). The van der Waals surface area contributed by atoms with E-state index in [-0.39, 0.29) is 17.6 Å². The number of ether oxygens (including phenoxy) is 1. The van der Waals surface area contributed by atoms with Gasteiger partial charge in [-0.05, 0) is 88.7 Å². The molecule has 2 saturated heterocycles. The first-order valence-electron chi connectivity index (χ1n) is 15.5. The fourth-order valence-electron chi connectivity index (χ4n) is 8.67. The van der Waals surface area contributed by atoms with E-state index < -0.39 is 0 Å². The lowest BCUT2D eigenvalue weighted by atomic mass is 9.73. The zero-order chi connectivity index (χ0) is 26.1. The highest BCUT2D eigenvalue weighted by molar-refractivity contribution is 5.75. The first-order chi connectivity index (χ1) is 18.6. The Hall–Kier alpha value is -2.21. The molecule has 0 radical (unpaired) electrons. The van der Waals surface area contributed by atoms with Crippen LogP contribution in [0.2, 0.25) is 0 Å². The Morgan fingerprint density at radius 1 is 0.895 bits per heavy atom. The van der Waals surface area contributed by atoms with E-state index in [1.54, 1.807) is 0 Å². The van der Waals surface area contributed by atoms with Gasteiger partial charge in [-0.3, -0.25) is 14.5 Å². The van der Waals surface area contributed by atoms with E-state index >= 15 is 0 Å². The maximum atomic E-state index is 13.9. The molecule has 6 nitrogen and oxygen atoms in total. The zero-order valence-corrected chi connectivity index (χ0v) is 23.2. The number of piperidine rings is 2. The van der Waals surface area contributed by atoms with Gasteiger partial charge >= 0.3 is 5.97 Å². The summed E-state index contributed by atoms with van der Waals surface area (Å²) in [6, 6.07) is 10.3. The van der Waals surface area contributed by atoms with Gasteiger partial charge in [-0.25, -0.2) is 4.98 Å². The largest absolute Gasteiger partial charge is 0.466 e. The molecule has 0 spiro atoms. The third kappa shape index (κ3) is 5.30. The van der Waals surface area contributed by atoms with Crippen molar-refractivity contribution in [2.75, 3.05) is 6.61 Å². The van der Waals surface area contributed by atoms with Crippen molar-refractivity contribution in [1.82, 2.24) is 14.5 Å². The number of fused-ring (bicyclic) bond motifs is 5. The lowest BCUT2D eigenvalue weighted by molar-refractivity contribution is -0.143. The first kappa shape index (κ1) is 26.0. The normalized spacial score (nSPS) is 31.6. The van der Waals surface area contributed by atoms with Crippen LogP contribution in [-0.4, -0.2) is 45.2 Å². The Balaban J connectivity index is 1.25. The van der Waals surface area contributed by atoms with Crippen LogP contribution in [0.3, 0.4) is 0 Å².